The molecule has 1 aromatic heterocycles. The number of carbonyl (C=O) groups excluding carboxylic acids is 2. The van der Waals surface area contributed by atoms with E-state index in [9.17, 15) is 22.4 Å². The molecule has 4 rings (SSSR count). The molecule has 2 heterocycles. The molecule has 0 unspecified atom stereocenters. The molecular formula is C22H21FN4O4S. The first kappa shape index (κ1) is 21.8. The lowest BCUT2D eigenvalue weighted by Crippen LogP contribution is -2.49. The van der Waals surface area contributed by atoms with E-state index in [1.54, 1.807) is 17.0 Å². The number of para-hydroxylation sites is 1. The third kappa shape index (κ3) is 4.19. The van der Waals surface area contributed by atoms with Crippen LogP contribution in [0.25, 0.3) is 10.9 Å². The lowest BCUT2D eigenvalue weighted by molar-refractivity contribution is -0.129. The standard InChI is InChI=1S/C22H21FN4O4S/c1-15(28)26-10-12-27(13-11-26)32(30,31)17-5-2-4-16(14-17)22(29)25-20-8-9-24-21-18(20)6-3-7-19(21)23/h2-9,14H,10-13H2,1H3,(H,24,25,29). The number of nitrogens with one attached hydrogen (secondary N) is 1. The van der Waals surface area contributed by atoms with Crippen LogP contribution in [0.2, 0.25) is 0 Å². The number of fused-ring (bicyclic) bond motifs is 1. The van der Waals surface area contributed by atoms with Crippen LogP contribution >= 0.6 is 0 Å². The van der Waals surface area contributed by atoms with Gasteiger partial charge in [0.05, 0.1) is 10.6 Å². The highest BCUT2D eigenvalue weighted by Gasteiger charge is 2.29. The Morgan fingerprint density at radius 1 is 1.03 bits per heavy atom. The summed E-state index contributed by atoms with van der Waals surface area (Å²) in [6.07, 6.45) is 1.39. The SMILES string of the molecule is CC(=O)N1CCN(S(=O)(=O)c2cccc(C(=O)Nc3ccnc4c(F)cccc34)c2)CC1. The zero-order valence-electron chi connectivity index (χ0n) is 17.3. The van der Waals surface area contributed by atoms with Crippen molar-refractivity contribution in [2.24, 2.45) is 0 Å². The van der Waals surface area contributed by atoms with Gasteiger partial charge in [-0.2, -0.15) is 4.31 Å². The lowest BCUT2D eigenvalue weighted by atomic mass is 10.1. The number of amides is 2. The minimum atomic E-state index is -3.82. The van der Waals surface area contributed by atoms with E-state index in [0.29, 0.717) is 24.2 Å². The Morgan fingerprint density at radius 3 is 2.47 bits per heavy atom. The largest absolute Gasteiger partial charge is 0.340 e. The van der Waals surface area contributed by atoms with Gasteiger partial charge in [0.1, 0.15) is 11.3 Å². The van der Waals surface area contributed by atoms with Crippen molar-refractivity contribution in [2.75, 3.05) is 31.5 Å². The van der Waals surface area contributed by atoms with E-state index >= 15 is 0 Å². The summed E-state index contributed by atoms with van der Waals surface area (Å²) in [5.41, 5.74) is 0.647. The summed E-state index contributed by atoms with van der Waals surface area (Å²) in [5.74, 6) is -1.12. The number of nitrogens with zero attached hydrogens (tertiary/aromatic N) is 3. The van der Waals surface area contributed by atoms with Crippen LogP contribution in [0.3, 0.4) is 0 Å². The molecule has 1 N–H and O–H groups in total. The van der Waals surface area contributed by atoms with Crippen LogP contribution in [-0.2, 0) is 14.8 Å². The molecule has 32 heavy (non-hydrogen) atoms. The smallest absolute Gasteiger partial charge is 0.255 e. The summed E-state index contributed by atoms with van der Waals surface area (Å²) >= 11 is 0. The van der Waals surface area contributed by atoms with E-state index in [2.05, 4.69) is 10.3 Å². The van der Waals surface area contributed by atoms with Crippen molar-refractivity contribution in [3.05, 3.63) is 66.1 Å². The average Bonchev–Trinajstić information content (AvgIpc) is 2.80. The van der Waals surface area contributed by atoms with Crippen LogP contribution in [0.15, 0.2) is 59.6 Å². The van der Waals surface area contributed by atoms with E-state index in [-0.39, 0.29) is 35.0 Å². The van der Waals surface area contributed by atoms with Gasteiger partial charge in [-0.3, -0.25) is 14.6 Å². The number of aromatic nitrogens is 1. The Morgan fingerprint density at radius 2 is 1.75 bits per heavy atom. The van der Waals surface area contributed by atoms with Gasteiger partial charge in [-0.25, -0.2) is 12.8 Å². The molecule has 0 aliphatic carbocycles. The van der Waals surface area contributed by atoms with Crippen LogP contribution in [-0.4, -0.2) is 60.6 Å². The van der Waals surface area contributed by atoms with E-state index in [0.717, 1.165) is 0 Å². The lowest BCUT2D eigenvalue weighted by Gasteiger charge is -2.33. The van der Waals surface area contributed by atoms with Crippen LogP contribution < -0.4 is 5.32 Å². The molecular weight excluding hydrogens is 435 g/mol. The van der Waals surface area contributed by atoms with Gasteiger partial charge < -0.3 is 10.2 Å². The van der Waals surface area contributed by atoms with E-state index < -0.39 is 21.7 Å². The van der Waals surface area contributed by atoms with Gasteiger partial charge in [0, 0.05) is 50.2 Å². The predicted molar refractivity (Wildman–Crippen MR) is 117 cm³/mol. The number of pyridine rings is 1. The zero-order valence-corrected chi connectivity index (χ0v) is 18.1. The second-order valence-electron chi connectivity index (χ2n) is 7.39. The molecule has 0 atom stereocenters. The molecule has 166 valence electrons. The van der Waals surface area contributed by atoms with Crippen molar-refractivity contribution >= 4 is 38.4 Å². The van der Waals surface area contributed by atoms with Crippen molar-refractivity contribution in [2.45, 2.75) is 11.8 Å². The number of sulfonamides is 1. The molecule has 1 saturated heterocycles. The summed E-state index contributed by atoms with van der Waals surface area (Å²) in [6, 6.07) is 11.7. The van der Waals surface area contributed by atoms with E-state index in [1.807, 2.05) is 0 Å². The minimum absolute atomic E-state index is 0.00736. The quantitative estimate of drug-likeness (QED) is 0.650. The predicted octanol–water partition coefficient (Wildman–Crippen LogP) is 2.48. The Bertz CT molecular complexity index is 1300. The molecule has 2 amide bonds. The number of hydrogen-bond donors (Lipinski definition) is 1. The van der Waals surface area contributed by atoms with Gasteiger partial charge in [0.15, 0.2) is 0 Å². The van der Waals surface area contributed by atoms with Crippen molar-refractivity contribution in [3.8, 4) is 0 Å². The van der Waals surface area contributed by atoms with Crippen LogP contribution in [0.1, 0.15) is 17.3 Å². The minimum Gasteiger partial charge on any atom is -0.340 e. The number of carbonyl (C=O) groups is 2. The van der Waals surface area contributed by atoms with Crippen molar-refractivity contribution in [3.63, 3.8) is 0 Å². The highest BCUT2D eigenvalue weighted by molar-refractivity contribution is 7.89. The normalized spacial score (nSPS) is 15.0. The van der Waals surface area contributed by atoms with Crippen LogP contribution in [0.4, 0.5) is 10.1 Å². The van der Waals surface area contributed by atoms with Crippen molar-refractivity contribution in [1.82, 2.24) is 14.2 Å². The fraction of sp³-hybridized carbons (Fsp3) is 0.227. The fourth-order valence-corrected chi connectivity index (χ4v) is 5.10. The highest BCUT2D eigenvalue weighted by Crippen LogP contribution is 2.25. The van der Waals surface area contributed by atoms with Gasteiger partial charge in [0.2, 0.25) is 15.9 Å². The molecule has 0 bridgehead atoms. The van der Waals surface area contributed by atoms with E-state index in [1.165, 1.54) is 53.8 Å². The molecule has 0 spiro atoms. The first-order chi connectivity index (χ1) is 15.3. The molecule has 1 fully saturated rings. The van der Waals surface area contributed by atoms with Gasteiger partial charge in [-0.05, 0) is 30.3 Å². The maximum atomic E-state index is 14.0. The topological polar surface area (TPSA) is 99.7 Å². The molecule has 1 aliphatic heterocycles. The van der Waals surface area contributed by atoms with Gasteiger partial charge in [-0.1, -0.05) is 18.2 Å². The maximum absolute atomic E-state index is 14.0. The first-order valence-electron chi connectivity index (χ1n) is 9.97. The fourth-order valence-electron chi connectivity index (χ4n) is 3.63. The van der Waals surface area contributed by atoms with Gasteiger partial charge in [-0.15, -0.1) is 0 Å². The molecule has 0 saturated carbocycles. The molecule has 10 heteroatoms. The molecule has 3 aromatic rings. The molecule has 0 radical (unpaired) electrons. The summed E-state index contributed by atoms with van der Waals surface area (Å²) in [4.78, 5) is 29.9. The molecule has 8 nitrogen and oxygen atoms in total. The summed E-state index contributed by atoms with van der Waals surface area (Å²) in [7, 11) is -3.82. The third-order valence-corrected chi connectivity index (χ3v) is 7.28. The Kier molecular flexibility index (Phi) is 5.90. The summed E-state index contributed by atoms with van der Waals surface area (Å²) in [5, 5.41) is 3.14. The number of halogens is 1. The van der Waals surface area contributed by atoms with Crippen molar-refractivity contribution < 1.29 is 22.4 Å². The second-order valence-corrected chi connectivity index (χ2v) is 9.32. The summed E-state index contributed by atoms with van der Waals surface area (Å²) in [6.45, 7) is 2.47. The Balaban J connectivity index is 1.56. The molecule has 2 aromatic carbocycles. The van der Waals surface area contributed by atoms with Crippen molar-refractivity contribution in [1.29, 1.82) is 0 Å². The number of benzene rings is 2. The van der Waals surface area contributed by atoms with Gasteiger partial charge in [0.25, 0.3) is 5.91 Å². The first-order valence-corrected chi connectivity index (χ1v) is 11.4. The van der Waals surface area contributed by atoms with E-state index in [4.69, 9.17) is 0 Å². The Hall–Kier alpha value is -3.37. The number of piperazine rings is 1. The zero-order chi connectivity index (χ0) is 22.9. The summed E-state index contributed by atoms with van der Waals surface area (Å²) < 4.78 is 41.4. The molecule has 1 aliphatic rings. The number of hydrogen-bond acceptors (Lipinski definition) is 5. The van der Waals surface area contributed by atoms with Gasteiger partial charge >= 0.3 is 0 Å². The third-order valence-electron chi connectivity index (χ3n) is 5.39. The average molecular weight is 456 g/mol. The van der Waals surface area contributed by atoms with Crippen LogP contribution in [0.5, 0.6) is 0 Å². The monoisotopic (exact) mass is 456 g/mol. The Labute approximate surface area is 184 Å². The number of rotatable bonds is 4. The second kappa shape index (κ2) is 8.64. The maximum Gasteiger partial charge on any atom is 0.255 e. The van der Waals surface area contributed by atoms with Crippen LogP contribution in [0, 0.1) is 5.82 Å². The number of anilines is 1. The highest BCUT2D eigenvalue weighted by atomic mass is 32.2.